The van der Waals surface area contributed by atoms with Crippen LogP contribution < -0.4 is 5.32 Å². The van der Waals surface area contributed by atoms with Gasteiger partial charge in [0.05, 0.1) is 0 Å². The smallest absolute Gasteiger partial charge is 0.202 e. The van der Waals surface area contributed by atoms with E-state index >= 15 is 0 Å². The fourth-order valence-electron chi connectivity index (χ4n) is 2.33. The monoisotopic (exact) mass is 253 g/mol. The number of anilines is 1. The van der Waals surface area contributed by atoms with Crippen molar-refractivity contribution in [2.45, 2.75) is 65.3 Å². The van der Waals surface area contributed by atoms with E-state index in [0.717, 1.165) is 11.0 Å². The quantitative estimate of drug-likeness (QED) is 0.870. The van der Waals surface area contributed by atoms with Crippen LogP contribution in [0.3, 0.4) is 0 Å². The van der Waals surface area contributed by atoms with Crippen LogP contribution in [0.1, 0.15) is 59.7 Å². The SMILES string of the molecule is CC(C)(C)c1nsc(NC2CCCC2(C)C)n1. The maximum Gasteiger partial charge on any atom is 0.202 e. The molecule has 1 aliphatic carbocycles. The van der Waals surface area contributed by atoms with Gasteiger partial charge in [0.15, 0.2) is 0 Å². The van der Waals surface area contributed by atoms with Crippen molar-refractivity contribution >= 4 is 16.7 Å². The third-order valence-corrected chi connectivity index (χ3v) is 4.30. The first-order valence-electron chi connectivity index (χ1n) is 6.40. The molecule has 0 bridgehead atoms. The molecule has 0 saturated heterocycles. The van der Waals surface area contributed by atoms with Crippen LogP contribution in [-0.2, 0) is 5.41 Å². The maximum atomic E-state index is 4.61. The number of aromatic nitrogens is 2. The number of hydrogen-bond donors (Lipinski definition) is 1. The fraction of sp³-hybridized carbons (Fsp3) is 0.846. The summed E-state index contributed by atoms with van der Waals surface area (Å²) in [6, 6.07) is 0.545. The zero-order chi connectivity index (χ0) is 12.7. The van der Waals surface area contributed by atoms with Crippen molar-refractivity contribution < 1.29 is 0 Å². The van der Waals surface area contributed by atoms with Gasteiger partial charge in [-0.1, -0.05) is 41.0 Å². The molecular formula is C13H23N3S. The molecule has 1 aliphatic rings. The molecular weight excluding hydrogens is 230 g/mol. The molecule has 0 amide bonds. The van der Waals surface area contributed by atoms with Gasteiger partial charge in [0.25, 0.3) is 0 Å². The van der Waals surface area contributed by atoms with E-state index in [4.69, 9.17) is 0 Å². The first-order chi connectivity index (χ1) is 7.79. The van der Waals surface area contributed by atoms with Crippen LogP contribution >= 0.6 is 11.5 Å². The third-order valence-electron chi connectivity index (χ3n) is 3.65. The second-order valence-electron chi connectivity index (χ2n) is 6.75. The van der Waals surface area contributed by atoms with Gasteiger partial charge in [-0.3, -0.25) is 0 Å². The minimum Gasteiger partial charge on any atom is -0.357 e. The Labute approximate surface area is 108 Å². The summed E-state index contributed by atoms with van der Waals surface area (Å²) in [4.78, 5) is 4.61. The van der Waals surface area contributed by atoms with E-state index in [1.54, 1.807) is 0 Å². The number of rotatable bonds is 2. The summed E-state index contributed by atoms with van der Waals surface area (Å²) >= 11 is 1.49. The molecule has 17 heavy (non-hydrogen) atoms. The van der Waals surface area contributed by atoms with E-state index in [2.05, 4.69) is 49.3 Å². The van der Waals surface area contributed by atoms with Gasteiger partial charge in [0, 0.05) is 23.0 Å². The predicted octanol–water partition coefficient (Wildman–Crippen LogP) is 3.83. The van der Waals surface area contributed by atoms with Crippen molar-refractivity contribution in [3.63, 3.8) is 0 Å². The highest BCUT2D eigenvalue weighted by atomic mass is 32.1. The summed E-state index contributed by atoms with van der Waals surface area (Å²) in [6.07, 6.45) is 3.86. The molecule has 0 radical (unpaired) electrons. The Hall–Kier alpha value is -0.640. The van der Waals surface area contributed by atoms with Crippen LogP contribution in [0.5, 0.6) is 0 Å². The van der Waals surface area contributed by atoms with E-state index in [1.807, 2.05) is 0 Å². The van der Waals surface area contributed by atoms with E-state index in [0.29, 0.717) is 11.5 Å². The zero-order valence-electron chi connectivity index (χ0n) is 11.5. The summed E-state index contributed by atoms with van der Waals surface area (Å²) in [5, 5.41) is 4.55. The minimum atomic E-state index is 0.0433. The first kappa shape index (κ1) is 12.8. The lowest BCUT2D eigenvalue weighted by Crippen LogP contribution is -2.30. The lowest BCUT2D eigenvalue weighted by Gasteiger charge is -2.27. The number of nitrogens with zero attached hydrogens (tertiary/aromatic N) is 2. The molecule has 1 saturated carbocycles. The van der Waals surface area contributed by atoms with Gasteiger partial charge >= 0.3 is 0 Å². The number of nitrogens with one attached hydrogen (secondary N) is 1. The third kappa shape index (κ3) is 2.79. The standard InChI is InChI=1S/C13H23N3S/c1-12(2,3)10-15-11(17-16-10)14-9-7-6-8-13(9,4)5/h9H,6-8H2,1-5H3,(H,14,15,16). The van der Waals surface area contributed by atoms with Crippen molar-refractivity contribution in [3.8, 4) is 0 Å². The summed E-state index contributed by atoms with van der Waals surface area (Å²) in [5.74, 6) is 0.945. The molecule has 1 fully saturated rings. The van der Waals surface area contributed by atoms with Crippen molar-refractivity contribution in [1.29, 1.82) is 0 Å². The normalized spacial score (nSPS) is 23.9. The maximum absolute atomic E-state index is 4.61. The summed E-state index contributed by atoms with van der Waals surface area (Å²) in [6.45, 7) is 11.1. The van der Waals surface area contributed by atoms with Gasteiger partial charge in [0.1, 0.15) is 5.82 Å². The Morgan fingerprint density at radius 1 is 1.35 bits per heavy atom. The Kier molecular flexibility index (Phi) is 3.19. The van der Waals surface area contributed by atoms with Gasteiger partial charge in [-0.25, -0.2) is 4.98 Å². The predicted molar refractivity (Wildman–Crippen MR) is 73.7 cm³/mol. The molecule has 1 aromatic rings. The second kappa shape index (κ2) is 4.23. The molecule has 0 aliphatic heterocycles. The summed E-state index contributed by atoms with van der Waals surface area (Å²) < 4.78 is 4.45. The van der Waals surface area contributed by atoms with Gasteiger partial charge in [0.2, 0.25) is 5.13 Å². The fourth-order valence-corrected chi connectivity index (χ4v) is 3.14. The zero-order valence-corrected chi connectivity index (χ0v) is 12.3. The van der Waals surface area contributed by atoms with Crippen molar-refractivity contribution in [2.75, 3.05) is 5.32 Å². The Balaban J connectivity index is 2.07. The van der Waals surface area contributed by atoms with Crippen LogP contribution in [0, 0.1) is 5.41 Å². The van der Waals surface area contributed by atoms with E-state index in [1.165, 1.54) is 30.8 Å². The van der Waals surface area contributed by atoms with Gasteiger partial charge in [-0.2, -0.15) is 4.37 Å². The molecule has 1 N–H and O–H groups in total. The highest BCUT2D eigenvalue weighted by molar-refractivity contribution is 7.09. The summed E-state index contributed by atoms with van der Waals surface area (Å²) in [7, 11) is 0. The van der Waals surface area contributed by atoms with E-state index in [9.17, 15) is 0 Å². The Morgan fingerprint density at radius 3 is 2.53 bits per heavy atom. The molecule has 0 aromatic carbocycles. The number of hydrogen-bond acceptors (Lipinski definition) is 4. The Bertz CT molecular complexity index is 390. The van der Waals surface area contributed by atoms with Crippen molar-refractivity contribution in [2.24, 2.45) is 5.41 Å². The van der Waals surface area contributed by atoms with Crippen LogP contribution in [0.15, 0.2) is 0 Å². The van der Waals surface area contributed by atoms with Gasteiger partial charge in [-0.05, 0) is 18.3 Å². The average molecular weight is 253 g/mol. The van der Waals surface area contributed by atoms with Gasteiger partial charge in [-0.15, -0.1) is 0 Å². The molecule has 4 heteroatoms. The second-order valence-corrected chi connectivity index (χ2v) is 7.50. The van der Waals surface area contributed by atoms with Crippen LogP contribution in [-0.4, -0.2) is 15.4 Å². The first-order valence-corrected chi connectivity index (χ1v) is 7.17. The minimum absolute atomic E-state index is 0.0433. The van der Waals surface area contributed by atoms with E-state index in [-0.39, 0.29) is 5.41 Å². The molecule has 1 unspecified atom stereocenters. The molecule has 2 rings (SSSR count). The van der Waals surface area contributed by atoms with Crippen molar-refractivity contribution in [3.05, 3.63) is 5.82 Å². The van der Waals surface area contributed by atoms with Crippen LogP contribution in [0.2, 0.25) is 0 Å². The highest BCUT2D eigenvalue weighted by Gasteiger charge is 2.35. The average Bonchev–Trinajstić information content (AvgIpc) is 2.74. The molecule has 1 atom stereocenters. The van der Waals surface area contributed by atoms with E-state index < -0.39 is 0 Å². The van der Waals surface area contributed by atoms with Gasteiger partial charge < -0.3 is 5.32 Å². The van der Waals surface area contributed by atoms with Crippen LogP contribution in [0.25, 0.3) is 0 Å². The molecule has 1 heterocycles. The highest BCUT2D eigenvalue weighted by Crippen LogP contribution is 2.39. The Morgan fingerprint density at radius 2 is 2.06 bits per heavy atom. The summed E-state index contributed by atoms with van der Waals surface area (Å²) in [5.41, 5.74) is 0.426. The molecule has 1 aromatic heterocycles. The lowest BCUT2D eigenvalue weighted by atomic mass is 9.87. The lowest BCUT2D eigenvalue weighted by molar-refractivity contribution is 0.350. The topological polar surface area (TPSA) is 37.8 Å². The largest absolute Gasteiger partial charge is 0.357 e. The van der Waals surface area contributed by atoms with Crippen molar-refractivity contribution in [1.82, 2.24) is 9.36 Å². The van der Waals surface area contributed by atoms with Crippen LogP contribution in [0.4, 0.5) is 5.13 Å². The molecule has 96 valence electrons. The molecule has 3 nitrogen and oxygen atoms in total. The molecule has 0 spiro atoms.